The Hall–Kier alpha value is -1.75. The van der Waals surface area contributed by atoms with E-state index in [0.29, 0.717) is 38.8 Å². The summed E-state index contributed by atoms with van der Waals surface area (Å²) in [4.78, 5) is 13.9. The smallest absolute Gasteiger partial charge is 0.317 e. The number of rotatable bonds is 2. The number of benzene rings is 1. The lowest BCUT2D eigenvalue weighted by Gasteiger charge is -2.27. The third-order valence-electron chi connectivity index (χ3n) is 4.11. The van der Waals surface area contributed by atoms with Crippen LogP contribution in [0, 0.1) is 5.92 Å². The van der Waals surface area contributed by atoms with Gasteiger partial charge in [-0.15, -0.1) is 0 Å². The number of ether oxygens (including phenoxy) is 2. The number of carbonyl (C=O) groups excluding carboxylic acids is 1. The number of para-hydroxylation sites is 1. The van der Waals surface area contributed by atoms with Crippen LogP contribution in [0.5, 0.6) is 5.75 Å². The van der Waals surface area contributed by atoms with E-state index in [1.807, 2.05) is 23.1 Å². The van der Waals surface area contributed by atoms with Crippen molar-refractivity contribution in [2.75, 3.05) is 39.5 Å². The fourth-order valence-corrected chi connectivity index (χ4v) is 2.85. The van der Waals surface area contributed by atoms with E-state index in [1.54, 1.807) is 0 Å². The molecule has 2 amide bonds. The summed E-state index contributed by atoms with van der Waals surface area (Å²) in [6, 6.07) is 8.19. The fraction of sp³-hybridized carbons (Fsp3) is 0.562. The number of morpholine rings is 1. The highest BCUT2D eigenvalue weighted by Crippen LogP contribution is 2.26. The van der Waals surface area contributed by atoms with E-state index in [4.69, 9.17) is 9.47 Å². The predicted molar refractivity (Wildman–Crippen MR) is 79.5 cm³/mol. The maximum atomic E-state index is 12.1. The van der Waals surface area contributed by atoms with Crippen LogP contribution in [0.4, 0.5) is 4.79 Å². The second kappa shape index (κ2) is 6.80. The zero-order valence-corrected chi connectivity index (χ0v) is 12.2. The molecule has 1 aromatic carbocycles. The average molecular weight is 290 g/mol. The Labute approximate surface area is 125 Å². The zero-order valence-electron chi connectivity index (χ0n) is 12.2. The van der Waals surface area contributed by atoms with Crippen molar-refractivity contribution in [1.82, 2.24) is 10.2 Å². The summed E-state index contributed by atoms with van der Waals surface area (Å²) in [5.41, 5.74) is 1.24. The molecule has 0 bridgehead atoms. The topological polar surface area (TPSA) is 50.8 Å². The van der Waals surface area contributed by atoms with Crippen molar-refractivity contribution in [3.8, 4) is 5.75 Å². The SMILES string of the molecule is O=C(NC[C@@H]1CCOc2ccccc2C1)N1CCOCC1. The molecule has 0 spiro atoms. The summed E-state index contributed by atoms with van der Waals surface area (Å²) < 4.78 is 11.0. The first kappa shape index (κ1) is 14.2. The van der Waals surface area contributed by atoms with Crippen molar-refractivity contribution in [2.24, 2.45) is 5.92 Å². The molecule has 0 aromatic heterocycles. The monoisotopic (exact) mass is 290 g/mol. The lowest BCUT2D eigenvalue weighted by Crippen LogP contribution is -2.47. The molecule has 1 atom stereocenters. The van der Waals surface area contributed by atoms with Crippen molar-refractivity contribution in [1.29, 1.82) is 0 Å². The molecule has 2 aliphatic rings. The predicted octanol–water partition coefficient (Wildman–Crippen LogP) is 1.67. The molecule has 114 valence electrons. The molecule has 0 radical (unpaired) electrons. The van der Waals surface area contributed by atoms with Crippen LogP contribution in [0.3, 0.4) is 0 Å². The summed E-state index contributed by atoms with van der Waals surface area (Å²) in [6.45, 7) is 4.06. The third-order valence-corrected chi connectivity index (χ3v) is 4.11. The average Bonchev–Trinajstić information content (AvgIpc) is 2.75. The van der Waals surface area contributed by atoms with Crippen molar-refractivity contribution in [3.05, 3.63) is 29.8 Å². The van der Waals surface area contributed by atoms with Crippen molar-refractivity contribution >= 4 is 6.03 Å². The van der Waals surface area contributed by atoms with Gasteiger partial charge in [-0.2, -0.15) is 0 Å². The normalized spacial score (nSPS) is 21.9. The van der Waals surface area contributed by atoms with E-state index in [0.717, 1.165) is 25.2 Å². The van der Waals surface area contributed by atoms with Gasteiger partial charge in [0.1, 0.15) is 5.75 Å². The molecule has 5 heteroatoms. The van der Waals surface area contributed by atoms with Crippen LogP contribution in [-0.2, 0) is 11.2 Å². The van der Waals surface area contributed by atoms with Crippen LogP contribution in [-0.4, -0.2) is 50.4 Å². The third kappa shape index (κ3) is 3.67. The van der Waals surface area contributed by atoms with Crippen LogP contribution in [0.2, 0.25) is 0 Å². The number of fused-ring (bicyclic) bond motifs is 1. The van der Waals surface area contributed by atoms with Gasteiger partial charge < -0.3 is 19.7 Å². The molecule has 1 saturated heterocycles. The lowest BCUT2D eigenvalue weighted by atomic mass is 9.97. The first-order valence-electron chi connectivity index (χ1n) is 7.64. The Balaban J connectivity index is 1.52. The Morgan fingerprint density at radius 1 is 1.24 bits per heavy atom. The molecule has 2 aliphatic heterocycles. The number of nitrogens with one attached hydrogen (secondary N) is 1. The van der Waals surface area contributed by atoms with E-state index >= 15 is 0 Å². The molecule has 3 rings (SSSR count). The summed E-state index contributed by atoms with van der Waals surface area (Å²) in [5.74, 6) is 1.41. The van der Waals surface area contributed by atoms with Crippen molar-refractivity contribution in [3.63, 3.8) is 0 Å². The van der Waals surface area contributed by atoms with Gasteiger partial charge in [-0.1, -0.05) is 18.2 Å². The molecule has 5 nitrogen and oxygen atoms in total. The van der Waals surface area contributed by atoms with Crippen LogP contribution < -0.4 is 10.1 Å². The molecule has 1 aromatic rings. The molecule has 21 heavy (non-hydrogen) atoms. The number of nitrogens with zero attached hydrogens (tertiary/aromatic N) is 1. The van der Waals surface area contributed by atoms with E-state index in [2.05, 4.69) is 11.4 Å². The van der Waals surface area contributed by atoms with E-state index in [-0.39, 0.29) is 6.03 Å². The number of carbonyl (C=O) groups is 1. The quantitative estimate of drug-likeness (QED) is 0.901. The van der Waals surface area contributed by atoms with Gasteiger partial charge >= 0.3 is 6.03 Å². The highest BCUT2D eigenvalue weighted by Gasteiger charge is 2.20. The second-order valence-corrected chi connectivity index (χ2v) is 5.60. The lowest BCUT2D eigenvalue weighted by molar-refractivity contribution is 0.0529. The molecule has 2 heterocycles. The first-order chi connectivity index (χ1) is 10.3. The van der Waals surface area contributed by atoms with Crippen LogP contribution in [0.25, 0.3) is 0 Å². The van der Waals surface area contributed by atoms with Crippen molar-refractivity contribution < 1.29 is 14.3 Å². The minimum absolute atomic E-state index is 0.0248. The summed E-state index contributed by atoms with van der Waals surface area (Å²) in [7, 11) is 0. The maximum Gasteiger partial charge on any atom is 0.317 e. The van der Waals surface area contributed by atoms with Gasteiger partial charge in [-0.3, -0.25) is 0 Å². The Morgan fingerprint density at radius 2 is 2.05 bits per heavy atom. The first-order valence-corrected chi connectivity index (χ1v) is 7.64. The van der Waals surface area contributed by atoms with Gasteiger partial charge in [0.2, 0.25) is 0 Å². The summed E-state index contributed by atoms with van der Waals surface area (Å²) >= 11 is 0. The van der Waals surface area contributed by atoms with Gasteiger partial charge in [-0.25, -0.2) is 4.79 Å². The van der Waals surface area contributed by atoms with Crippen LogP contribution in [0.1, 0.15) is 12.0 Å². The Bertz CT molecular complexity index is 486. The van der Waals surface area contributed by atoms with Gasteiger partial charge in [0.25, 0.3) is 0 Å². The summed E-state index contributed by atoms with van der Waals surface area (Å²) in [5, 5.41) is 3.06. The maximum absolute atomic E-state index is 12.1. The van der Waals surface area contributed by atoms with Crippen molar-refractivity contribution in [2.45, 2.75) is 12.8 Å². The molecule has 0 saturated carbocycles. The highest BCUT2D eigenvalue weighted by molar-refractivity contribution is 5.74. The number of urea groups is 1. The number of hydrogen-bond acceptors (Lipinski definition) is 3. The molecular formula is C16H22N2O3. The minimum atomic E-state index is 0.0248. The minimum Gasteiger partial charge on any atom is -0.493 e. The largest absolute Gasteiger partial charge is 0.493 e. The van der Waals surface area contributed by atoms with E-state index in [9.17, 15) is 4.79 Å². The zero-order chi connectivity index (χ0) is 14.5. The van der Waals surface area contributed by atoms with Crippen LogP contribution >= 0.6 is 0 Å². The summed E-state index contributed by atoms with van der Waals surface area (Å²) in [6.07, 6.45) is 1.93. The fourth-order valence-electron chi connectivity index (χ4n) is 2.85. The molecular weight excluding hydrogens is 268 g/mol. The standard InChI is InChI=1S/C16H22N2O3/c19-16(18-6-9-20-10-7-18)17-12-13-5-8-21-15-4-2-1-3-14(15)11-13/h1-4,13H,5-12H2,(H,17,19)/t13-/m1/s1. The van der Waals surface area contributed by atoms with Gasteiger partial charge in [0.15, 0.2) is 0 Å². The van der Waals surface area contributed by atoms with E-state index < -0.39 is 0 Å². The second-order valence-electron chi connectivity index (χ2n) is 5.60. The van der Waals surface area contributed by atoms with E-state index in [1.165, 1.54) is 5.56 Å². The van der Waals surface area contributed by atoms with Gasteiger partial charge in [0.05, 0.1) is 19.8 Å². The Morgan fingerprint density at radius 3 is 2.90 bits per heavy atom. The highest BCUT2D eigenvalue weighted by atomic mass is 16.5. The number of amides is 2. The molecule has 1 N–H and O–H groups in total. The number of hydrogen-bond donors (Lipinski definition) is 1. The molecule has 0 aliphatic carbocycles. The molecule has 1 fully saturated rings. The van der Waals surface area contributed by atoms with Gasteiger partial charge in [-0.05, 0) is 30.4 Å². The van der Waals surface area contributed by atoms with Crippen LogP contribution in [0.15, 0.2) is 24.3 Å². The Kier molecular flexibility index (Phi) is 4.60. The van der Waals surface area contributed by atoms with Gasteiger partial charge in [0, 0.05) is 19.6 Å². The molecule has 0 unspecified atom stereocenters.